The van der Waals surface area contributed by atoms with Gasteiger partial charge in [0.05, 0.1) is 11.8 Å². The van der Waals surface area contributed by atoms with Gasteiger partial charge in [0.15, 0.2) is 5.76 Å². The minimum absolute atomic E-state index is 0.000314. The molecule has 182 valence electrons. The van der Waals surface area contributed by atoms with Gasteiger partial charge in [0, 0.05) is 57.2 Å². The predicted molar refractivity (Wildman–Crippen MR) is 132 cm³/mol. The molecule has 0 saturated carbocycles. The largest absolute Gasteiger partial charge is 0.459 e. The van der Waals surface area contributed by atoms with Crippen molar-refractivity contribution in [2.24, 2.45) is 0 Å². The number of rotatable bonds is 6. The average molecular weight is 477 g/mol. The van der Waals surface area contributed by atoms with E-state index in [1.54, 1.807) is 18.2 Å². The summed E-state index contributed by atoms with van der Waals surface area (Å²) >= 11 is 0. The van der Waals surface area contributed by atoms with Crippen molar-refractivity contribution < 1.29 is 18.4 Å². The lowest BCUT2D eigenvalue weighted by Gasteiger charge is -2.37. The Hall–Kier alpha value is -3.65. The third-order valence-electron chi connectivity index (χ3n) is 6.66. The molecule has 2 aliphatic heterocycles. The first-order valence-electron chi connectivity index (χ1n) is 12.1. The summed E-state index contributed by atoms with van der Waals surface area (Å²) in [4.78, 5) is 32.4. The Morgan fingerprint density at radius 2 is 1.66 bits per heavy atom. The predicted octanol–water partition coefficient (Wildman–Crippen LogP) is 4.23. The third-order valence-corrected chi connectivity index (χ3v) is 6.66. The molecule has 0 atom stereocenters. The topological polar surface area (TPSA) is 69.0 Å². The first-order chi connectivity index (χ1) is 17.1. The van der Waals surface area contributed by atoms with Crippen LogP contribution in [0, 0.1) is 5.82 Å². The van der Waals surface area contributed by atoms with Crippen molar-refractivity contribution in [3.05, 3.63) is 83.6 Å². The molecule has 3 heterocycles. The SMILES string of the molecule is O=C(Nc1ccc(N2CCN(Cc3ccc(F)cc3)CC2)c(C(=O)N2CCCC2)c1)c1ccco1. The standard InChI is InChI=1S/C27H29FN4O3/c28-21-7-5-20(6-8-21)19-30-13-15-31(16-14-30)24-10-9-22(29-26(33)25-4-3-17-35-25)18-23(24)27(34)32-11-1-2-12-32/h3-10,17-18H,1-2,11-16,19H2,(H,29,33). The average Bonchev–Trinajstić information content (AvgIpc) is 3.61. The number of nitrogens with one attached hydrogen (secondary N) is 1. The number of piperazine rings is 1. The number of carbonyl (C=O) groups is 2. The minimum Gasteiger partial charge on any atom is -0.459 e. The number of carbonyl (C=O) groups excluding carboxylic acids is 2. The number of hydrogen-bond acceptors (Lipinski definition) is 5. The van der Waals surface area contributed by atoms with E-state index in [1.165, 1.54) is 18.4 Å². The van der Waals surface area contributed by atoms with Gasteiger partial charge in [-0.1, -0.05) is 12.1 Å². The molecule has 7 nitrogen and oxygen atoms in total. The maximum absolute atomic E-state index is 13.4. The summed E-state index contributed by atoms with van der Waals surface area (Å²) < 4.78 is 18.4. The van der Waals surface area contributed by atoms with Crippen LogP contribution < -0.4 is 10.2 Å². The molecule has 0 radical (unpaired) electrons. The fraction of sp³-hybridized carbons (Fsp3) is 0.333. The Morgan fingerprint density at radius 1 is 0.914 bits per heavy atom. The molecular weight excluding hydrogens is 447 g/mol. The van der Waals surface area contributed by atoms with Gasteiger partial charge in [-0.05, 0) is 60.9 Å². The smallest absolute Gasteiger partial charge is 0.291 e. The number of hydrogen-bond donors (Lipinski definition) is 1. The molecule has 0 aliphatic carbocycles. The molecule has 1 N–H and O–H groups in total. The summed E-state index contributed by atoms with van der Waals surface area (Å²) in [7, 11) is 0. The molecule has 35 heavy (non-hydrogen) atoms. The van der Waals surface area contributed by atoms with Gasteiger partial charge in [0.1, 0.15) is 5.82 Å². The van der Waals surface area contributed by atoms with E-state index in [0.717, 1.165) is 69.9 Å². The fourth-order valence-electron chi connectivity index (χ4n) is 4.75. The zero-order valence-corrected chi connectivity index (χ0v) is 19.6. The molecule has 2 amide bonds. The Bertz CT molecular complexity index is 1170. The van der Waals surface area contributed by atoms with Crippen molar-refractivity contribution in [1.29, 1.82) is 0 Å². The van der Waals surface area contributed by atoms with Crippen molar-refractivity contribution in [2.75, 3.05) is 49.5 Å². The number of halogens is 1. The quantitative estimate of drug-likeness (QED) is 0.577. The third kappa shape index (κ3) is 5.38. The number of nitrogens with zero attached hydrogens (tertiary/aromatic N) is 3. The van der Waals surface area contributed by atoms with Crippen LogP contribution in [0.15, 0.2) is 65.3 Å². The molecule has 3 aromatic rings. The van der Waals surface area contributed by atoms with E-state index in [-0.39, 0.29) is 23.4 Å². The molecule has 2 aliphatic rings. The molecule has 5 rings (SSSR count). The van der Waals surface area contributed by atoms with Gasteiger partial charge < -0.3 is 19.5 Å². The van der Waals surface area contributed by atoms with E-state index in [9.17, 15) is 14.0 Å². The highest BCUT2D eigenvalue weighted by atomic mass is 19.1. The number of furan rings is 1. The highest BCUT2D eigenvalue weighted by Crippen LogP contribution is 2.28. The lowest BCUT2D eigenvalue weighted by atomic mass is 10.1. The van der Waals surface area contributed by atoms with Crippen LogP contribution in [0.2, 0.25) is 0 Å². The van der Waals surface area contributed by atoms with E-state index in [0.29, 0.717) is 11.3 Å². The van der Waals surface area contributed by atoms with Crippen LogP contribution >= 0.6 is 0 Å². The zero-order chi connectivity index (χ0) is 24.2. The minimum atomic E-state index is -0.350. The van der Waals surface area contributed by atoms with Gasteiger partial charge in [-0.3, -0.25) is 14.5 Å². The number of anilines is 2. The van der Waals surface area contributed by atoms with Crippen LogP contribution in [0.5, 0.6) is 0 Å². The second-order valence-corrected chi connectivity index (χ2v) is 9.05. The first-order valence-corrected chi connectivity index (χ1v) is 12.1. The fourth-order valence-corrected chi connectivity index (χ4v) is 4.75. The highest BCUT2D eigenvalue weighted by Gasteiger charge is 2.26. The van der Waals surface area contributed by atoms with Crippen molar-refractivity contribution in [2.45, 2.75) is 19.4 Å². The second kappa shape index (κ2) is 10.3. The lowest BCUT2D eigenvalue weighted by molar-refractivity contribution is 0.0792. The summed E-state index contributed by atoms with van der Waals surface area (Å²) in [5.41, 5.74) is 3.14. The molecule has 0 spiro atoms. The molecular formula is C27H29FN4O3. The zero-order valence-electron chi connectivity index (χ0n) is 19.6. The van der Waals surface area contributed by atoms with Gasteiger partial charge >= 0.3 is 0 Å². The van der Waals surface area contributed by atoms with Gasteiger partial charge in [-0.25, -0.2) is 4.39 Å². The van der Waals surface area contributed by atoms with Crippen LogP contribution in [0.4, 0.5) is 15.8 Å². The van der Waals surface area contributed by atoms with E-state index in [2.05, 4.69) is 15.1 Å². The highest BCUT2D eigenvalue weighted by molar-refractivity contribution is 6.05. The van der Waals surface area contributed by atoms with Gasteiger partial charge in [0.25, 0.3) is 11.8 Å². The van der Waals surface area contributed by atoms with Crippen LogP contribution in [0.3, 0.4) is 0 Å². The Kier molecular flexibility index (Phi) is 6.81. The maximum atomic E-state index is 13.4. The second-order valence-electron chi connectivity index (χ2n) is 9.05. The van der Waals surface area contributed by atoms with E-state index >= 15 is 0 Å². The molecule has 2 fully saturated rings. The first kappa shape index (κ1) is 23.1. The Balaban J connectivity index is 1.32. The Morgan fingerprint density at radius 3 is 2.34 bits per heavy atom. The van der Waals surface area contributed by atoms with Crippen LogP contribution in [-0.4, -0.2) is 60.9 Å². The monoisotopic (exact) mass is 476 g/mol. The molecule has 2 aromatic carbocycles. The molecule has 0 bridgehead atoms. The van der Waals surface area contributed by atoms with Gasteiger partial charge in [-0.15, -0.1) is 0 Å². The molecule has 0 unspecified atom stereocenters. The summed E-state index contributed by atoms with van der Waals surface area (Å²) in [6, 6.07) is 15.4. The van der Waals surface area contributed by atoms with Crippen molar-refractivity contribution >= 4 is 23.2 Å². The molecule has 1 aromatic heterocycles. The van der Waals surface area contributed by atoms with E-state index in [4.69, 9.17) is 4.42 Å². The van der Waals surface area contributed by atoms with Crippen LogP contribution in [0.25, 0.3) is 0 Å². The van der Waals surface area contributed by atoms with Crippen molar-refractivity contribution in [3.63, 3.8) is 0 Å². The summed E-state index contributed by atoms with van der Waals surface area (Å²) in [6.07, 6.45) is 3.48. The molecule has 8 heteroatoms. The van der Waals surface area contributed by atoms with E-state index in [1.807, 2.05) is 29.2 Å². The number of likely N-dealkylation sites (tertiary alicyclic amines) is 1. The molecule has 2 saturated heterocycles. The normalized spacial score (nSPS) is 16.5. The summed E-state index contributed by atoms with van der Waals surface area (Å²) in [5, 5.41) is 2.84. The van der Waals surface area contributed by atoms with Crippen molar-refractivity contribution in [1.82, 2.24) is 9.80 Å². The van der Waals surface area contributed by atoms with Crippen molar-refractivity contribution in [3.8, 4) is 0 Å². The van der Waals surface area contributed by atoms with Gasteiger partial charge in [-0.2, -0.15) is 0 Å². The van der Waals surface area contributed by atoms with Gasteiger partial charge in [0.2, 0.25) is 0 Å². The van der Waals surface area contributed by atoms with E-state index < -0.39 is 0 Å². The van der Waals surface area contributed by atoms with Crippen LogP contribution in [-0.2, 0) is 6.54 Å². The lowest BCUT2D eigenvalue weighted by Crippen LogP contribution is -2.46. The number of benzene rings is 2. The Labute approximate surface area is 204 Å². The van der Waals surface area contributed by atoms with Crippen LogP contribution in [0.1, 0.15) is 39.3 Å². The maximum Gasteiger partial charge on any atom is 0.291 e. The summed E-state index contributed by atoms with van der Waals surface area (Å²) in [5.74, 6) is -0.353. The summed E-state index contributed by atoms with van der Waals surface area (Å²) in [6.45, 7) is 5.52. The number of amides is 2.